The van der Waals surface area contributed by atoms with Crippen molar-refractivity contribution in [2.45, 2.75) is 6.92 Å². The molecule has 2 aromatic rings. The fourth-order valence-electron chi connectivity index (χ4n) is 1.77. The second-order valence-corrected chi connectivity index (χ2v) is 4.68. The summed E-state index contributed by atoms with van der Waals surface area (Å²) in [6.07, 6.45) is 0. The van der Waals surface area contributed by atoms with Crippen molar-refractivity contribution in [2.24, 2.45) is 0 Å². The van der Waals surface area contributed by atoms with Crippen molar-refractivity contribution in [2.75, 3.05) is 5.32 Å². The largest absolute Gasteiger partial charge is 0.478 e. The first kappa shape index (κ1) is 14.1. The average molecular weight is 290 g/mol. The Balaban J connectivity index is 2.30. The van der Waals surface area contributed by atoms with Gasteiger partial charge in [-0.05, 0) is 36.8 Å². The minimum absolute atomic E-state index is 0.0643. The SMILES string of the molecule is Cc1ccccc1C(=O)Nc1cc(C(=O)O)ccc1Cl. The zero-order valence-electron chi connectivity index (χ0n) is 10.7. The smallest absolute Gasteiger partial charge is 0.335 e. The van der Waals surface area contributed by atoms with E-state index >= 15 is 0 Å². The summed E-state index contributed by atoms with van der Waals surface area (Å²) in [6, 6.07) is 11.3. The third-order valence-electron chi connectivity index (χ3n) is 2.85. The fourth-order valence-corrected chi connectivity index (χ4v) is 1.94. The number of carbonyl (C=O) groups is 2. The Morgan fingerprint density at radius 1 is 1.15 bits per heavy atom. The molecular formula is C15H12ClNO3. The summed E-state index contributed by atoms with van der Waals surface area (Å²) >= 11 is 5.96. The molecular weight excluding hydrogens is 278 g/mol. The summed E-state index contributed by atoms with van der Waals surface area (Å²) in [5.41, 5.74) is 1.69. The van der Waals surface area contributed by atoms with Crippen LogP contribution in [0.4, 0.5) is 5.69 Å². The molecule has 0 heterocycles. The molecule has 2 N–H and O–H groups in total. The summed E-state index contributed by atoms with van der Waals surface area (Å²) in [5, 5.41) is 11.9. The van der Waals surface area contributed by atoms with Crippen LogP contribution in [-0.4, -0.2) is 17.0 Å². The highest BCUT2D eigenvalue weighted by atomic mass is 35.5. The van der Waals surface area contributed by atoms with Crippen molar-refractivity contribution in [3.63, 3.8) is 0 Å². The zero-order chi connectivity index (χ0) is 14.7. The Morgan fingerprint density at radius 2 is 1.85 bits per heavy atom. The van der Waals surface area contributed by atoms with Gasteiger partial charge < -0.3 is 10.4 Å². The summed E-state index contributed by atoms with van der Waals surface area (Å²) in [7, 11) is 0. The van der Waals surface area contributed by atoms with E-state index in [1.54, 1.807) is 12.1 Å². The van der Waals surface area contributed by atoms with E-state index in [2.05, 4.69) is 5.32 Å². The molecule has 2 rings (SSSR count). The van der Waals surface area contributed by atoms with Gasteiger partial charge in [0.25, 0.3) is 5.91 Å². The molecule has 0 spiro atoms. The molecule has 20 heavy (non-hydrogen) atoms. The van der Waals surface area contributed by atoms with Crippen LogP contribution in [0.15, 0.2) is 42.5 Å². The number of carboxylic acids is 1. The number of nitrogens with one attached hydrogen (secondary N) is 1. The predicted molar refractivity (Wildman–Crippen MR) is 77.5 cm³/mol. The first-order chi connectivity index (χ1) is 9.49. The minimum atomic E-state index is -1.08. The van der Waals surface area contributed by atoms with Crippen molar-refractivity contribution in [3.05, 3.63) is 64.2 Å². The van der Waals surface area contributed by atoms with E-state index in [1.807, 2.05) is 19.1 Å². The van der Waals surface area contributed by atoms with E-state index in [0.717, 1.165) is 5.56 Å². The molecule has 0 aliphatic carbocycles. The van der Waals surface area contributed by atoms with E-state index in [0.29, 0.717) is 5.56 Å². The summed E-state index contributed by atoms with van der Waals surface area (Å²) in [4.78, 5) is 23.1. The molecule has 0 atom stereocenters. The van der Waals surface area contributed by atoms with Crippen LogP contribution < -0.4 is 5.32 Å². The molecule has 0 aliphatic rings. The lowest BCUT2D eigenvalue weighted by molar-refractivity contribution is 0.0696. The van der Waals surface area contributed by atoms with Crippen molar-refractivity contribution < 1.29 is 14.7 Å². The lowest BCUT2D eigenvalue weighted by Gasteiger charge is -2.09. The second kappa shape index (κ2) is 5.75. The number of rotatable bonds is 3. The molecule has 0 bridgehead atoms. The number of amides is 1. The number of halogens is 1. The highest BCUT2D eigenvalue weighted by Gasteiger charge is 2.12. The molecule has 0 unspecified atom stereocenters. The van der Waals surface area contributed by atoms with E-state index in [9.17, 15) is 9.59 Å². The van der Waals surface area contributed by atoms with E-state index < -0.39 is 5.97 Å². The number of carboxylic acid groups (broad SMARTS) is 1. The van der Waals surface area contributed by atoms with Crippen molar-refractivity contribution >= 4 is 29.2 Å². The van der Waals surface area contributed by atoms with Gasteiger partial charge in [-0.15, -0.1) is 0 Å². The minimum Gasteiger partial charge on any atom is -0.478 e. The van der Waals surface area contributed by atoms with Gasteiger partial charge in [0.1, 0.15) is 0 Å². The quantitative estimate of drug-likeness (QED) is 0.907. The lowest BCUT2D eigenvalue weighted by Crippen LogP contribution is -2.14. The average Bonchev–Trinajstić information content (AvgIpc) is 2.41. The summed E-state index contributed by atoms with van der Waals surface area (Å²) in [5.74, 6) is -1.40. The third kappa shape index (κ3) is 2.97. The Bertz CT molecular complexity index is 683. The molecule has 0 aromatic heterocycles. The molecule has 0 saturated carbocycles. The molecule has 2 aromatic carbocycles. The van der Waals surface area contributed by atoms with Gasteiger partial charge in [0.15, 0.2) is 0 Å². The van der Waals surface area contributed by atoms with Crippen molar-refractivity contribution in [3.8, 4) is 0 Å². The van der Waals surface area contributed by atoms with Crippen LogP contribution in [0.5, 0.6) is 0 Å². The van der Waals surface area contributed by atoms with Gasteiger partial charge in [-0.2, -0.15) is 0 Å². The van der Waals surface area contributed by atoms with Crippen LogP contribution in [-0.2, 0) is 0 Å². The van der Waals surface area contributed by atoms with E-state index in [1.165, 1.54) is 18.2 Å². The van der Waals surface area contributed by atoms with Crippen molar-refractivity contribution in [1.29, 1.82) is 0 Å². The van der Waals surface area contributed by atoms with Gasteiger partial charge in [0.2, 0.25) is 0 Å². The Labute approximate surface area is 121 Å². The number of anilines is 1. The van der Waals surface area contributed by atoms with Crippen LogP contribution in [0.25, 0.3) is 0 Å². The standard InChI is InChI=1S/C15H12ClNO3/c1-9-4-2-3-5-11(9)14(18)17-13-8-10(15(19)20)6-7-12(13)16/h2-8H,1H3,(H,17,18)(H,19,20). The predicted octanol–water partition coefficient (Wildman–Crippen LogP) is 3.60. The third-order valence-corrected chi connectivity index (χ3v) is 3.18. The summed E-state index contributed by atoms with van der Waals surface area (Å²) < 4.78 is 0. The van der Waals surface area contributed by atoms with Gasteiger partial charge in [0.05, 0.1) is 16.3 Å². The number of aryl methyl sites for hydroxylation is 1. The van der Waals surface area contributed by atoms with Crippen LogP contribution >= 0.6 is 11.6 Å². The number of hydrogen-bond donors (Lipinski definition) is 2. The molecule has 0 saturated heterocycles. The molecule has 102 valence electrons. The van der Waals surface area contributed by atoms with E-state index in [4.69, 9.17) is 16.7 Å². The maximum Gasteiger partial charge on any atom is 0.335 e. The van der Waals surface area contributed by atoms with Crippen LogP contribution in [0, 0.1) is 6.92 Å². The normalized spacial score (nSPS) is 10.1. The molecule has 0 radical (unpaired) electrons. The highest BCUT2D eigenvalue weighted by Crippen LogP contribution is 2.24. The molecule has 0 aliphatic heterocycles. The van der Waals surface area contributed by atoms with E-state index in [-0.39, 0.29) is 22.2 Å². The van der Waals surface area contributed by atoms with Gasteiger partial charge in [-0.1, -0.05) is 29.8 Å². The second-order valence-electron chi connectivity index (χ2n) is 4.27. The maximum atomic E-state index is 12.2. The first-order valence-electron chi connectivity index (χ1n) is 5.89. The molecule has 4 nitrogen and oxygen atoms in total. The van der Waals surface area contributed by atoms with Crippen LogP contribution in [0.2, 0.25) is 5.02 Å². The molecule has 0 fully saturated rings. The lowest BCUT2D eigenvalue weighted by atomic mass is 10.1. The van der Waals surface area contributed by atoms with Gasteiger partial charge in [-0.3, -0.25) is 4.79 Å². The van der Waals surface area contributed by atoms with Gasteiger partial charge >= 0.3 is 5.97 Å². The zero-order valence-corrected chi connectivity index (χ0v) is 11.4. The number of aromatic carboxylic acids is 1. The first-order valence-corrected chi connectivity index (χ1v) is 6.26. The van der Waals surface area contributed by atoms with Gasteiger partial charge in [-0.25, -0.2) is 4.79 Å². The summed E-state index contributed by atoms with van der Waals surface area (Å²) in [6.45, 7) is 1.82. The number of benzene rings is 2. The fraction of sp³-hybridized carbons (Fsp3) is 0.0667. The highest BCUT2D eigenvalue weighted by molar-refractivity contribution is 6.34. The van der Waals surface area contributed by atoms with Crippen LogP contribution in [0.3, 0.4) is 0 Å². The monoisotopic (exact) mass is 289 g/mol. The Hall–Kier alpha value is -2.33. The van der Waals surface area contributed by atoms with Crippen molar-refractivity contribution in [1.82, 2.24) is 0 Å². The van der Waals surface area contributed by atoms with Crippen LogP contribution in [0.1, 0.15) is 26.3 Å². The molecule has 5 heteroatoms. The topological polar surface area (TPSA) is 66.4 Å². The van der Waals surface area contributed by atoms with Gasteiger partial charge in [0, 0.05) is 5.56 Å². The molecule has 1 amide bonds. The number of carbonyl (C=O) groups excluding carboxylic acids is 1. The Morgan fingerprint density at radius 3 is 2.50 bits per heavy atom. The Kier molecular flexibility index (Phi) is 4.05. The number of hydrogen-bond acceptors (Lipinski definition) is 2. The maximum absolute atomic E-state index is 12.2.